The summed E-state index contributed by atoms with van der Waals surface area (Å²) in [6.45, 7) is 8.32. The van der Waals surface area contributed by atoms with E-state index in [-0.39, 0.29) is 11.3 Å². The first-order chi connectivity index (χ1) is 8.99. The van der Waals surface area contributed by atoms with E-state index in [2.05, 4.69) is 19.9 Å². The summed E-state index contributed by atoms with van der Waals surface area (Å²) in [5.41, 5.74) is 8.24. The molecule has 1 fully saturated rings. The SMILES string of the molecule is CCN(Cc1ccccc1CN)C(=O)C1CC1(C)C. The zero-order valence-corrected chi connectivity index (χ0v) is 12.1. The molecule has 0 aromatic heterocycles. The molecule has 0 aliphatic heterocycles. The zero-order valence-electron chi connectivity index (χ0n) is 12.1. The van der Waals surface area contributed by atoms with Gasteiger partial charge in [-0.15, -0.1) is 0 Å². The van der Waals surface area contributed by atoms with Crippen molar-refractivity contribution in [2.75, 3.05) is 6.54 Å². The molecule has 1 unspecified atom stereocenters. The smallest absolute Gasteiger partial charge is 0.226 e. The summed E-state index contributed by atoms with van der Waals surface area (Å²) in [7, 11) is 0. The van der Waals surface area contributed by atoms with Gasteiger partial charge in [0.25, 0.3) is 0 Å². The lowest BCUT2D eigenvalue weighted by Crippen LogP contribution is -2.33. The maximum atomic E-state index is 12.5. The fraction of sp³-hybridized carbons (Fsp3) is 0.562. The largest absolute Gasteiger partial charge is 0.338 e. The Kier molecular flexibility index (Phi) is 3.95. The normalized spacial score (nSPS) is 20.1. The Morgan fingerprint density at radius 2 is 1.95 bits per heavy atom. The Bertz CT molecular complexity index is 468. The lowest BCUT2D eigenvalue weighted by atomic mass is 10.1. The third kappa shape index (κ3) is 2.98. The molecule has 1 aliphatic rings. The number of carbonyl (C=O) groups is 1. The van der Waals surface area contributed by atoms with Gasteiger partial charge in [0.05, 0.1) is 0 Å². The summed E-state index contributed by atoms with van der Waals surface area (Å²) in [6.07, 6.45) is 1.01. The highest BCUT2D eigenvalue weighted by atomic mass is 16.2. The highest BCUT2D eigenvalue weighted by molar-refractivity contribution is 5.82. The molecule has 104 valence electrons. The van der Waals surface area contributed by atoms with Gasteiger partial charge in [-0.2, -0.15) is 0 Å². The minimum absolute atomic E-state index is 0.192. The number of hydrogen-bond donors (Lipinski definition) is 1. The van der Waals surface area contributed by atoms with E-state index in [4.69, 9.17) is 5.73 Å². The van der Waals surface area contributed by atoms with Gasteiger partial charge < -0.3 is 10.6 Å². The first kappa shape index (κ1) is 14.1. The Morgan fingerprint density at radius 1 is 1.37 bits per heavy atom. The molecule has 0 radical (unpaired) electrons. The Balaban J connectivity index is 2.09. The first-order valence-electron chi connectivity index (χ1n) is 7.05. The molecule has 0 bridgehead atoms. The first-order valence-corrected chi connectivity index (χ1v) is 7.05. The number of hydrogen-bond acceptors (Lipinski definition) is 2. The lowest BCUT2D eigenvalue weighted by molar-refractivity contribution is -0.133. The van der Waals surface area contributed by atoms with Crippen LogP contribution in [0.2, 0.25) is 0 Å². The van der Waals surface area contributed by atoms with Crippen molar-refractivity contribution in [1.29, 1.82) is 0 Å². The van der Waals surface area contributed by atoms with Crippen LogP contribution in [-0.2, 0) is 17.9 Å². The summed E-state index contributed by atoms with van der Waals surface area (Å²) < 4.78 is 0. The molecule has 1 saturated carbocycles. The Labute approximate surface area is 115 Å². The molecule has 1 atom stereocenters. The van der Waals surface area contributed by atoms with Crippen LogP contribution in [-0.4, -0.2) is 17.4 Å². The van der Waals surface area contributed by atoms with Gasteiger partial charge in [-0.25, -0.2) is 0 Å². The van der Waals surface area contributed by atoms with Crippen LogP contribution in [0.5, 0.6) is 0 Å². The molecule has 1 aliphatic carbocycles. The van der Waals surface area contributed by atoms with Gasteiger partial charge in [0.2, 0.25) is 5.91 Å². The monoisotopic (exact) mass is 260 g/mol. The molecule has 0 saturated heterocycles. The maximum absolute atomic E-state index is 12.5. The summed E-state index contributed by atoms with van der Waals surface area (Å²) in [4.78, 5) is 14.4. The number of benzene rings is 1. The van der Waals surface area contributed by atoms with Crippen molar-refractivity contribution in [1.82, 2.24) is 4.90 Å². The predicted octanol–water partition coefficient (Wildman–Crippen LogP) is 2.54. The molecule has 3 heteroatoms. The molecular weight excluding hydrogens is 236 g/mol. The van der Waals surface area contributed by atoms with Gasteiger partial charge in [0, 0.05) is 25.6 Å². The number of nitrogens with two attached hydrogens (primary N) is 1. The topological polar surface area (TPSA) is 46.3 Å². The zero-order chi connectivity index (χ0) is 14.0. The van der Waals surface area contributed by atoms with Crippen molar-refractivity contribution in [2.45, 2.75) is 40.3 Å². The third-order valence-corrected chi connectivity index (χ3v) is 4.20. The van der Waals surface area contributed by atoms with Crippen LogP contribution in [0.25, 0.3) is 0 Å². The van der Waals surface area contributed by atoms with Gasteiger partial charge >= 0.3 is 0 Å². The average molecular weight is 260 g/mol. The van der Waals surface area contributed by atoms with Crippen molar-refractivity contribution in [2.24, 2.45) is 17.1 Å². The minimum atomic E-state index is 0.192. The molecule has 1 aromatic carbocycles. The molecule has 0 heterocycles. The number of amides is 1. The molecular formula is C16H24N2O. The summed E-state index contributed by atoms with van der Waals surface area (Å²) in [6, 6.07) is 8.10. The molecule has 19 heavy (non-hydrogen) atoms. The van der Waals surface area contributed by atoms with E-state index in [1.165, 1.54) is 5.56 Å². The second-order valence-electron chi connectivity index (χ2n) is 6.07. The highest BCUT2D eigenvalue weighted by Crippen LogP contribution is 2.52. The van der Waals surface area contributed by atoms with Crippen molar-refractivity contribution in [3.8, 4) is 0 Å². The fourth-order valence-corrected chi connectivity index (χ4v) is 2.57. The van der Waals surface area contributed by atoms with E-state index in [1.807, 2.05) is 30.0 Å². The van der Waals surface area contributed by atoms with Crippen LogP contribution in [0.1, 0.15) is 38.3 Å². The minimum Gasteiger partial charge on any atom is -0.338 e. The summed E-state index contributed by atoms with van der Waals surface area (Å²) in [5.74, 6) is 0.497. The third-order valence-electron chi connectivity index (χ3n) is 4.20. The van der Waals surface area contributed by atoms with Gasteiger partial charge in [0.15, 0.2) is 0 Å². The van der Waals surface area contributed by atoms with Crippen molar-refractivity contribution >= 4 is 5.91 Å². The molecule has 2 rings (SSSR count). The fourth-order valence-electron chi connectivity index (χ4n) is 2.57. The number of nitrogens with zero attached hydrogens (tertiary/aromatic N) is 1. The van der Waals surface area contributed by atoms with Gasteiger partial charge in [0.1, 0.15) is 0 Å². The Morgan fingerprint density at radius 3 is 2.42 bits per heavy atom. The van der Waals surface area contributed by atoms with E-state index in [0.29, 0.717) is 19.0 Å². The average Bonchev–Trinajstić information content (AvgIpc) is 3.04. The van der Waals surface area contributed by atoms with E-state index >= 15 is 0 Å². The van der Waals surface area contributed by atoms with E-state index < -0.39 is 0 Å². The van der Waals surface area contributed by atoms with E-state index in [1.54, 1.807) is 0 Å². The van der Waals surface area contributed by atoms with E-state index in [9.17, 15) is 4.79 Å². The van der Waals surface area contributed by atoms with Crippen LogP contribution in [0.3, 0.4) is 0 Å². The number of rotatable bonds is 5. The molecule has 2 N–H and O–H groups in total. The summed E-state index contributed by atoms with van der Waals surface area (Å²) >= 11 is 0. The van der Waals surface area contributed by atoms with Crippen molar-refractivity contribution < 1.29 is 4.79 Å². The van der Waals surface area contributed by atoms with Crippen molar-refractivity contribution in [3.63, 3.8) is 0 Å². The number of carbonyl (C=O) groups excluding carboxylic acids is 1. The van der Waals surface area contributed by atoms with Crippen LogP contribution < -0.4 is 5.73 Å². The second kappa shape index (κ2) is 5.33. The molecule has 1 aromatic rings. The predicted molar refractivity (Wildman–Crippen MR) is 77.3 cm³/mol. The van der Waals surface area contributed by atoms with Crippen LogP contribution >= 0.6 is 0 Å². The van der Waals surface area contributed by atoms with Crippen LogP contribution in [0.15, 0.2) is 24.3 Å². The Hall–Kier alpha value is -1.35. The van der Waals surface area contributed by atoms with Crippen LogP contribution in [0, 0.1) is 11.3 Å². The molecule has 0 spiro atoms. The maximum Gasteiger partial charge on any atom is 0.226 e. The standard InChI is InChI=1S/C16H24N2O/c1-4-18(15(19)14-9-16(14,2)3)11-13-8-6-5-7-12(13)10-17/h5-8,14H,4,9-11,17H2,1-3H3. The van der Waals surface area contributed by atoms with Crippen molar-refractivity contribution in [3.05, 3.63) is 35.4 Å². The van der Waals surface area contributed by atoms with Gasteiger partial charge in [-0.05, 0) is 29.9 Å². The highest BCUT2D eigenvalue weighted by Gasteiger charge is 2.51. The van der Waals surface area contributed by atoms with Gasteiger partial charge in [-0.1, -0.05) is 38.1 Å². The van der Waals surface area contributed by atoms with E-state index in [0.717, 1.165) is 18.5 Å². The second-order valence-corrected chi connectivity index (χ2v) is 6.07. The molecule has 1 amide bonds. The lowest BCUT2D eigenvalue weighted by Gasteiger charge is -2.23. The van der Waals surface area contributed by atoms with Gasteiger partial charge in [-0.3, -0.25) is 4.79 Å². The quantitative estimate of drug-likeness (QED) is 0.884. The molecule has 3 nitrogen and oxygen atoms in total. The summed E-state index contributed by atoms with van der Waals surface area (Å²) in [5, 5.41) is 0. The van der Waals surface area contributed by atoms with Crippen LogP contribution in [0.4, 0.5) is 0 Å².